The van der Waals surface area contributed by atoms with Gasteiger partial charge in [-0.05, 0) is 37.9 Å². The van der Waals surface area contributed by atoms with Gasteiger partial charge in [-0.1, -0.05) is 19.1 Å². The van der Waals surface area contributed by atoms with Gasteiger partial charge < -0.3 is 5.32 Å². The van der Waals surface area contributed by atoms with Gasteiger partial charge in [0.2, 0.25) is 0 Å². The second kappa shape index (κ2) is 6.67. The minimum absolute atomic E-state index is 0.202. The van der Waals surface area contributed by atoms with E-state index in [1.807, 2.05) is 25.1 Å². The van der Waals surface area contributed by atoms with E-state index in [1.165, 1.54) is 17.7 Å². The average Bonchev–Trinajstić information content (AvgIpc) is 3.13. The smallest absolute Gasteiger partial charge is 0.266 e. The number of fused-ring (bicyclic) bond motifs is 1. The Labute approximate surface area is 135 Å². The number of amides is 2. The molecule has 3 rings (SSSR count). The van der Waals surface area contributed by atoms with E-state index < -0.39 is 0 Å². The molecule has 4 nitrogen and oxygen atoms in total. The lowest BCUT2D eigenvalue weighted by Gasteiger charge is -2.11. The van der Waals surface area contributed by atoms with Crippen LogP contribution in [-0.2, 0) is 0 Å². The van der Waals surface area contributed by atoms with Gasteiger partial charge in [-0.3, -0.25) is 9.59 Å². The summed E-state index contributed by atoms with van der Waals surface area (Å²) in [5, 5.41) is 3.46. The molecule has 1 N–H and O–H groups in total. The maximum absolute atomic E-state index is 12.6. The fourth-order valence-corrected chi connectivity index (χ4v) is 4.01. The first-order valence-corrected chi connectivity index (χ1v) is 8.74. The lowest BCUT2D eigenvalue weighted by atomic mass is 10.1. The number of hydrogen-bond donors (Lipinski definition) is 1. The number of carbonyl (C=O) groups excluding carboxylic acids is 2. The molecule has 1 atom stereocenters. The summed E-state index contributed by atoms with van der Waals surface area (Å²) in [5.41, 5.74) is 1.09. The quantitative estimate of drug-likeness (QED) is 0.670. The highest BCUT2D eigenvalue weighted by atomic mass is 32.2. The van der Waals surface area contributed by atoms with Gasteiger partial charge in [0.25, 0.3) is 11.8 Å². The van der Waals surface area contributed by atoms with Crippen LogP contribution < -0.4 is 5.32 Å². The zero-order valence-corrected chi connectivity index (χ0v) is 13.5. The number of allylic oxidation sites excluding steroid dienone is 1. The van der Waals surface area contributed by atoms with E-state index >= 15 is 0 Å². The highest BCUT2D eigenvalue weighted by Gasteiger charge is 2.36. The number of nitrogens with zero attached hydrogens (tertiary/aromatic N) is 1. The Balaban J connectivity index is 1.82. The Hall–Kier alpha value is -1.59. The molecular formula is C17H20N2O2S. The lowest BCUT2D eigenvalue weighted by Crippen LogP contribution is -2.24. The summed E-state index contributed by atoms with van der Waals surface area (Å²) >= 11 is 1.67. The summed E-state index contributed by atoms with van der Waals surface area (Å²) in [6.07, 6.45) is 6.61. The van der Waals surface area contributed by atoms with Crippen molar-refractivity contribution in [2.75, 3.05) is 12.3 Å². The third-order valence-electron chi connectivity index (χ3n) is 4.00. The van der Waals surface area contributed by atoms with E-state index in [2.05, 4.69) is 5.32 Å². The monoisotopic (exact) mass is 316 g/mol. The number of carbonyl (C=O) groups is 2. The molecule has 22 heavy (non-hydrogen) atoms. The van der Waals surface area contributed by atoms with Gasteiger partial charge in [-0.15, -0.1) is 11.8 Å². The predicted molar refractivity (Wildman–Crippen MR) is 88.1 cm³/mol. The second-order valence-corrected chi connectivity index (χ2v) is 6.62. The van der Waals surface area contributed by atoms with Crippen LogP contribution >= 0.6 is 11.8 Å². The van der Waals surface area contributed by atoms with E-state index in [4.69, 9.17) is 0 Å². The van der Waals surface area contributed by atoms with Crippen molar-refractivity contribution in [1.29, 1.82) is 0 Å². The number of rotatable bonds is 5. The molecule has 2 aliphatic rings. The molecule has 1 unspecified atom stereocenters. The molecule has 1 aromatic carbocycles. The standard InChI is InChI=1S/C17H20N2O2S/c1-2-3-10-19-16(20)13-7-4-8-14(15(13)17(19)21)22-11-12-6-5-9-18-12/h3-4,7-8,10,12,18H,2,5-6,9,11H2,1H3. The van der Waals surface area contributed by atoms with Gasteiger partial charge in [0.15, 0.2) is 0 Å². The third kappa shape index (κ3) is 2.83. The lowest BCUT2D eigenvalue weighted by molar-refractivity contribution is 0.0720. The van der Waals surface area contributed by atoms with E-state index in [0.717, 1.165) is 23.6 Å². The van der Waals surface area contributed by atoms with Crippen LogP contribution in [0.4, 0.5) is 0 Å². The number of hydrogen-bond acceptors (Lipinski definition) is 4. The summed E-state index contributed by atoms with van der Waals surface area (Å²) in [6, 6.07) is 6.05. The van der Waals surface area contributed by atoms with E-state index in [1.54, 1.807) is 24.0 Å². The number of imide groups is 1. The maximum atomic E-state index is 12.6. The van der Waals surface area contributed by atoms with Crippen molar-refractivity contribution in [3.05, 3.63) is 41.6 Å². The van der Waals surface area contributed by atoms with Gasteiger partial charge >= 0.3 is 0 Å². The molecule has 2 aliphatic heterocycles. The van der Waals surface area contributed by atoms with Crippen molar-refractivity contribution in [3.8, 4) is 0 Å². The summed E-state index contributed by atoms with van der Waals surface area (Å²) in [6.45, 7) is 3.05. The zero-order valence-electron chi connectivity index (χ0n) is 12.7. The van der Waals surface area contributed by atoms with E-state index in [0.29, 0.717) is 17.2 Å². The van der Waals surface area contributed by atoms with Crippen LogP contribution in [0, 0.1) is 0 Å². The summed E-state index contributed by atoms with van der Waals surface area (Å²) in [4.78, 5) is 27.1. The minimum Gasteiger partial charge on any atom is -0.313 e. The first-order chi connectivity index (χ1) is 10.7. The molecule has 1 aromatic rings. The summed E-state index contributed by atoms with van der Waals surface area (Å²) < 4.78 is 0. The van der Waals surface area contributed by atoms with Crippen LogP contribution in [0.1, 0.15) is 46.9 Å². The number of nitrogens with one attached hydrogen (secondary N) is 1. The van der Waals surface area contributed by atoms with E-state index in [-0.39, 0.29) is 11.8 Å². The van der Waals surface area contributed by atoms with Crippen LogP contribution in [0.25, 0.3) is 0 Å². The molecule has 0 aliphatic carbocycles. The van der Waals surface area contributed by atoms with E-state index in [9.17, 15) is 9.59 Å². The third-order valence-corrected chi connectivity index (χ3v) is 5.22. The van der Waals surface area contributed by atoms with Crippen molar-refractivity contribution >= 4 is 23.6 Å². The fraction of sp³-hybridized carbons (Fsp3) is 0.412. The Morgan fingerprint density at radius 1 is 1.36 bits per heavy atom. The summed E-state index contributed by atoms with van der Waals surface area (Å²) in [7, 11) is 0. The predicted octanol–water partition coefficient (Wildman–Crippen LogP) is 3.05. The molecule has 1 saturated heterocycles. The van der Waals surface area contributed by atoms with Gasteiger partial charge in [0.1, 0.15) is 0 Å². The van der Waals surface area contributed by atoms with Gasteiger partial charge in [0, 0.05) is 22.9 Å². The highest BCUT2D eigenvalue weighted by Crippen LogP contribution is 2.33. The molecule has 0 bridgehead atoms. The molecular weight excluding hydrogens is 296 g/mol. The molecule has 2 heterocycles. The number of benzene rings is 1. The van der Waals surface area contributed by atoms with Gasteiger partial charge in [0.05, 0.1) is 11.1 Å². The van der Waals surface area contributed by atoms with Crippen molar-refractivity contribution in [1.82, 2.24) is 10.2 Å². The minimum atomic E-state index is -0.217. The van der Waals surface area contributed by atoms with Crippen LogP contribution in [0.3, 0.4) is 0 Å². The normalized spacial score (nSPS) is 21.1. The topological polar surface area (TPSA) is 49.4 Å². The van der Waals surface area contributed by atoms with Gasteiger partial charge in [-0.2, -0.15) is 0 Å². The first kappa shape index (κ1) is 15.3. The molecule has 116 valence electrons. The number of thioether (sulfide) groups is 1. The Kier molecular flexibility index (Phi) is 4.64. The Morgan fingerprint density at radius 3 is 2.95 bits per heavy atom. The second-order valence-electron chi connectivity index (χ2n) is 5.56. The summed E-state index contributed by atoms with van der Waals surface area (Å²) in [5.74, 6) is 0.515. The Bertz CT molecular complexity index is 621. The van der Waals surface area contributed by atoms with Crippen LogP contribution in [0.15, 0.2) is 35.4 Å². The van der Waals surface area contributed by atoms with Crippen LogP contribution in [0.2, 0.25) is 0 Å². The first-order valence-electron chi connectivity index (χ1n) is 7.76. The largest absolute Gasteiger partial charge is 0.313 e. The maximum Gasteiger partial charge on any atom is 0.266 e. The fourth-order valence-electron chi connectivity index (χ4n) is 2.83. The SMILES string of the molecule is CCC=CN1C(=O)c2cccc(SCC3CCCN3)c2C1=O. The molecule has 0 spiro atoms. The van der Waals surface area contributed by atoms with Crippen molar-refractivity contribution in [2.24, 2.45) is 0 Å². The molecule has 1 fully saturated rings. The highest BCUT2D eigenvalue weighted by molar-refractivity contribution is 7.99. The molecule has 5 heteroatoms. The molecule has 0 radical (unpaired) electrons. The van der Waals surface area contributed by atoms with Crippen molar-refractivity contribution in [3.63, 3.8) is 0 Å². The van der Waals surface area contributed by atoms with Crippen molar-refractivity contribution < 1.29 is 9.59 Å². The Morgan fingerprint density at radius 2 is 2.23 bits per heavy atom. The van der Waals surface area contributed by atoms with Crippen molar-refractivity contribution in [2.45, 2.75) is 37.1 Å². The van der Waals surface area contributed by atoms with Gasteiger partial charge in [-0.25, -0.2) is 4.90 Å². The molecule has 0 aromatic heterocycles. The van der Waals surface area contributed by atoms with Crippen LogP contribution in [0.5, 0.6) is 0 Å². The zero-order chi connectivity index (χ0) is 15.5. The molecule has 2 amide bonds. The molecule has 0 saturated carbocycles. The average molecular weight is 316 g/mol. The van der Waals surface area contributed by atoms with Crippen LogP contribution in [-0.4, -0.2) is 35.1 Å².